The van der Waals surface area contributed by atoms with E-state index in [-0.39, 0.29) is 0 Å². The first-order valence-electron chi connectivity index (χ1n) is 9.41. The Balaban J connectivity index is 2.22. The number of thiocarbonyl (C=S) groups is 2. The lowest BCUT2D eigenvalue weighted by Crippen LogP contribution is -2.40. The van der Waals surface area contributed by atoms with E-state index in [9.17, 15) is 0 Å². The lowest BCUT2D eigenvalue weighted by atomic mass is 10.1. The van der Waals surface area contributed by atoms with Crippen LogP contribution in [0.2, 0.25) is 0 Å². The number of rotatable bonds is 10. The average molecular weight is 416 g/mol. The molecule has 154 valence electrons. The van der Waals surface area contributed by atoms with E-state index in [0.29, 0.717) is 16.8 Å². The van der Waals surface area contributed by atoms with Gasteiger partial charge in [0, 0.05) is 33.4 Å². The van der Waals surface area contributed by atoms with Gasteiger partial charge in [0.05, 0.1) is 11.4 Å². The van der Waals surface area contributed by atoms with Crippen LogP contribution in [-0.2, 0) is 4.74 Å². The van der Waals surface area contributed by atoms with Crippen molar-refractivity contribution in [3.05, 3.63) is 0 Å². The van der Waals surface area contributed by atoms with Crippen molar-refractivity contribution in [3.63, 3.8) is 0 Å². The number of hydrazone groups is 2. The van der Waals surface area contributed by atoms with Crippen molar-refractivity contribution in [3.8, 4) is 0 Å². The maximum atomic E-state index is 5.26. The normalized spacial score (nSPS) is 16.0. The SMILES string of the molecule is COCCCNC(=S)N/N=C(C)/C(C)=N/NC(=S)NCCN1CCCCC1. The summed E-state index contributed by atoms with van der Waals surface area (Å²) in [6, 6.07) is 0. The predicted molar refractivity (Wildman–Crippen MR) is 120 cm³/mol. The van der Waals surface area contributed by atoms with Crippen LogP contribution in [0.25, 0.3) is 0 Å². The second kappa shape index (κ2) is 14.7. The van der Waals surface area contributed by atoms with Gasteiger partial charge in [0.2, 0.25) is 0 Å². The number of nitrogens with one attached hydrogen (secondary N) is 4. The van der Waals surface area contributed by atoms with E-state index in [1.165, 1.54) is 32.4 Å². The molecule has 0 atom stereocenters. The second-order valence-corrected chi connectivity index (χ2v) is 7.19. The van der Waals surface area contributed by atoms with E-state index in [2.05, 4.69) is 36.6 Å². The zero-order chi connectivity index (χ0) is 19.9. The Morgan fingerprint density at radius 1 is 0.926 bits per heavy atom. The fourth-order valence-electron chi connectivity index (χ4n) is 2.44. The molecule has 27 heavy (non-hydrogen) atoms. The fourth-order valence-corrected chi connectivity index (χ4v) is 2.73. The molecule has 0 spiro atoms. The molecule has 0 amide bonds. The zero-order valence-electron chi connectivity index (χ0n) is 16.6. The molecule has 0 unspecified atom stereocenters. The maximum Gasteiger partial charge on any atom is 0.187 e. The number of nitrogens with zero attached hydrogens (tertiary/aromatic N) is 3. The molecule has 0 saturated carbocycles. The summed E-state index contributed by atoms with van der Waals surface area (Å²) >= 11 is 10.4. The summed E-state index contributed by atoms with van der Waals surface area (Å²) in [6.07, 6.45) is 4.83. The van der Waals surface area contributed by atoms with Crippen LogP contribution in [0.3, 0.4) is 0 Å². The van der Waals surface area contributed by atoms with Crippen LogP contribution in [-0.4, -0.2) is 73.0 Å². The van der Waals surface area contributed by atoms with Gasteiger partial charge in [-0.05, 0) is 70.6 Å². The van der Waals surface area contributed by atoms with Gasteiger partial charge in [-0.3, -0.25) is 10.9 Å². The first-order valence-corrected chi connectivity index (χ1v) is 10.2. The maximum absolute atomic E-state index is 5.26. The molecule has 8 nitrogen and oxygen atoms in total. The summed E-state index contributed by atoms with van der Waals surface area (Å²) in [5.74, 6) is 0. The Labute approximate surface area is 173 Å². The van der Waals surface area contributed by atoms with Gasteiger partial charge < -0.3 is 20.3 Å². The van der Waals surface area contributed by atoms with Crippen molar-refractivity contribution in [1.29, 1.82) is 0 Å². The first kappa shape index (κ1) is 23.7. The van der Waals surface area contributed by atoms with Gasteiger partial charge in [-0.1, -0.05) is 6.42 Å². The molecule has 0 aromatic heterocycles. The monoisotopic (exact) mass is 415 g/mol. The van der Waals surface area contributed by atoms with Gasteiger partial charge in [0.1, 0.15) is 0 Å². The van der Waals surface area contributed by atoms with Crippen molar-refractivity contribution >= 4 is 46.1 Å². The van der Waals surface area contributed by atoms with Crippen LogP contribution < -0.4 is 21.5 Å². The smallest absolute Gasteiger partial charge is 0.187 e. The molecule has 1 fully saturated rings. The van der Waals surface area contributed by atoms with Crippen molar-refractivity contribution in [1.82, 2.24) is 26.4 Å². The number of methoxy groups -OCH3 is 1. The van der Waals surface area contributed by atoms with E-state index in [1.807, 2.05) is 13.8 Å². The Hall–Kier alpha value is -1.36. The molecule has 1 aliphatic rings. The van der Waals surface area contributed by atoms with Crippen LogP contribution in [0.15, 0.2) is 10.2 Å². The van der Waals surface area contributed by atoms with Crippen molar-refractivity contribution in [2.45, 2.75) is 39.5 Å². The highest BCUT2D eigenvalue weighted by molar-refractivity contribution is 7.80. The lowest BCUT2D eigenvalue weighted by Gasteiger charge is -2.26. The molecule has 10 heteroatoms. The lowest BCUT2D eigenvalue weighted by molar-refractivity contribution is 0.195. The molecule has 0 aliphatic carbocycles. The van der Waals surface area contributed by atoms with E-state index >= 15 is 0 Å². The third-order valence-corrected chi connectivity index (χ3v) is 4.62. The molecule has 1 saturated heterocycles. The highest BCUT2D eigenvalue weighted by Gasteiger charge is 2.09. The van der Waals surface area contributed by atoms with Crippen LogP contribution in [0.1, 0.15) is 39.5 Å². The van der Waals surface area contributed by atoms with Crippen molar-refractivity contribution in [2.75, 3.05) is 46.4 Å². The summed E-state index contributed by atoms with van der Waals surface area (Å²) < 4.78 is 4.98. The summed E-state index contributed by atoms with van der Waals surface area (Å²) in [7, 11) is 1.68. The molecule has 0 radical (unpaired) electrons. The molecule has 0 bridgehead atoms. The van der Waals surface area contributed by atoms with Gasteiger partial charge in [-0.25, -0.2) is 0 Å². The van der Waals surface area contributed by atoms with Crippen LogP contribution in [0.4, 0.5) is 0 Å². The predicted octanol–water partition coefficient (Wildman–Crippen LogP) is 1.19. The zero-order valence-corrected chi connectivity index (χ0v) is 18.3. The second-order valence-electron chi connectivity index (χ2n) is 6.38. The molecular weight excluding hydrogens is 382 g/mol. The first-order chi connectivity index (χ1) is 13.0. The molecule has 1 aliphatic heterocycles. The Kier molecular flexibility index (Phi) is 12.9. The van der Waals surface area contributed by atoms with E-state index in [4.69, 9.17) is 29.2 Å². The number of hydrogen-bond acceptors (Lipinski definition) is 6. The minimum absolute atomic E-state index is 0.473. The minimum Gasteiger partial charge on any atom is -0.385 e. The standard InChI is InChI=1S/C17H33N7OS2/c1-14(20-22-16(26)18-8-7-13-25-3)15(2)21-23-17(27)19-9-12-24-10-5-4-6-11-24/h4-13H2,1-3H3,(H2,18,22,26)(H2,19,23,27)/b20-14+,21-15+. The van der Waals surface area contributed by atoms with Crippen LogP contribution >= 0.6 is 24.4 Å². The number of likely N-dealkylation sites (tertiary alicyclic amines) is 1. The summed E-state index contributed by atoms with van der Waals surface area (Å²) in [5, 5.41) is 15.7. The largest absolute Gasteiger partial charge is 0.385 e. The molecule has 1 rings (SSSR count). The highest BCUT2D eigenvalue weighted by Crippen LogP contribution is 2.07. The van der Waals surface area contributed by atoms with Gasteiger partial charge in [0.15, 0.2) is 10.2 Å². The summed E-state index contributed by atoms with van der Waals surface area (Å²) in [5.41, 5.74) is 7.11. The van der Waals surface area contributed by atoms with Crippen molar-refractivity contribution in [2.24, 2.45) is 10.2 Å². The van der Waals surface area contributed by atoms with Crippen molar-refractivity contribution < 1.29 is 4.74 Å². The third-order valence-electron chi connectivity index (χ3n) is 4.15. The fraction of sp³-hybridized carbons (Fsp3) is 0.765. The van der Waals surface area contributed by atoms with E-state index in [0.717, 1.165) is 37.5 Å². The van der Waals surface area contributed by atoms with Gasteiger partial charge >= 0.3 is 0 Å². The van der Waals surface area contributed by atoms with Gasteiger partial charge in [-0.2, -0.15) is 10.2 Å². The van der Waals surface area contributed by atoms with Gasteiger partial charge in [-0.15, -0.1) is 0 Å². The molecule has 0 aromatic carbocycles. The Morgan fingerprint density at radius 3 is 2.04 bits per heavy atom. The topological polar surface area (TPSA) is 85.3 Å². The molecule has 1 heterocycles. The Bertz CT molecular complexity index is 519. The number of ether oxygens (including phenoxy) is 1. The molecular formula is C17H33N7OS2. The quantitative estimate of drug-likeness (QED) is 0.183. The summed E-state index contributed by atoms with van der Waals surface area (Å²) in [4.78, 5) is 2.46. The van der Waals surface area contributed by atoms with Crippen LogP contribution in [0, 0.1) is 0 Å². The van der Waals surface area contributed by atoms with Crippen LogP contribution in [0.5, 0.6) is 0 Å². The third kappa shape index (κ3) is 11.9. The highest BCUT2D eigenvalue weighted by atomic mass is 32.1. The summed E-state index contributed by atoms with van der Waals surface area (Å²) in [6.45, 7) is 9.34. The number of piperidine rings is 1. The minimum atomic E-state index is 0.473. The average Bonchev–Trinajstić information content (AvgIpc) is 2.68. The van der Waals surface area contributed by atoms with E-state index in [1.54, 1.807) is 7.11 Å². The molecule has 4 N–H and O–H groups in total. The Morgan fingerprint density at radius 2 is 1.48 bits per heavy atom. The van der Waals surface area contributed by atoms with Gasteiger partial charge in [0.25, 0.3) is 0 Å². The van der Waals surface area contributed by atoms with E-state index < -0.39 is 0 Å². The molecule has 0 aromatic rings. The number of hydrogen-bond donors (Lipinski definition) is 4.